The smallest absolute Gasteiger partial charge is 0.120 e. The monoisotopic (exact) mass is 207 g/mol. The number of hydrogen-bond donors (Lipinski definition) is 0. The Balaban J connectivity index is 2.64. The lowest BCUT2D eigenvalue weighted by atomic mass is 10.1. The quantitative estimate of drug-likeness (QED) is 0.755. The molecule has 0 aliphatic heterocycles. The lowest BCUT2D eigenvalue weighted by Crippen LogP contribution is -2.22. The molecule has 1 rings (SSSR count). The molecule has 0 heterocycles. The van der Waals surface area contributed by atoms with Crippen LogP contribution in [0.2, 0.25) is 0 Å². The van der Waals surface area contributed by atoms with Gasteiger partial charge in [0.05, 0.1) is 0 Å². The molecule has 0 saturated heterocycles. The molecule has 0 N–H and O–H groups in total. The second kappa shape index (κ2) is 4.67. The van der Waals surface area contributed by atoms with Crippen LogP contribution in [-0.4, -0.2) is 24.6 Å². The molecule has 84 valence electrons. The number of rotatable bonds is 3. The second-order valence-corrected chi connectivity index (χ2v) is 5.10. The van der Waals surface area contributed by atoms with E-state index in [0.717, 1.165) is 12.3 Å². The van der Waals surface area contributed by atoms with Gasteiger partial charge in [-0.05, 0) is 52.6 Å². The van der Waals surface area contributed by atoms with E-state index in [-0.39, 0.29) is 5.60 Å². The summed E-state index contributed by atoms with van der Waals surface area (Å²) in [6.07, 6.45) is 0. The molecule has 0 amide bonds. The third-order valence-electron chi connectivity index (χ3n) is 1.85. The van der Waals surface area contributed by atoms with E-state index in [1.54, 1.807) is 0 Å². The highest BCUT2D eigenvalue weighted by atomic mass is 16.5. The molecule has 0 aliphatic carbocycles. The van der Waals surface area contributed by atoms with Gasteiger partial charge < -0.3 is 9.64 Å². The van der Waals surface area contributed by atoms with Crippen LogP contribution in [0.3, 0.4) is 0 Å². The van der Waals surface area contributed by atoms with Crippen molar-refractivity contribution in [2.75, 3.05) is 14.1 Å². The maximum Gasteiger partial charge on any atom is 0.120 e. The van der Waals surface area contributed by atoms with Gasteiger partial charge in [-0.15, -0.1) is 0 Å². The van der Waals surface area contributed by atoms with Gasteiger partial charge in [0.25, 0.3) is 0 Å². The maximum atomic E-state index is 5.75. The zero-order valence-electron chi connectivity index (χ0n) is 10.4. The van der Waals surface area contributed by atoms with E-state index in [9.17, 15) is 0 Å². The largest absolute Gasteiger partial charge is 0.488 e. The van der Waals surface area contributed by atoms with E-state index >= 15 is 0 Å². The SMILES string of the molecule is CN(C)Cc1ccc(OC(C)(C)C)cc1. The van der Waals surface area contributed by atoms with E-state index in [1.165, 1.54) is 5.56 Å². The maximum absolute atomic E-state index is 5.75. The van der Waals surface area contributed by atoms with Gasteiger partial charge in [0.15, 0.2) is 0 Å². The fourth-order valence-corrected chi connectivity index (χ4v) is 1.38. The minimum absolute atomic E-state index is 0.122. The topological polar surface area (TPSA) is 12.5 Å². The van der Waals surface area contributed by atoms with E-state index in [4.69, 9.17) is 4.74 Å². The summed E-state index contributed by atoms with van der Waals surface area (Å²) in [6, 6.07) is 8.29. The number of benzene rings is 1. The summed E-state index contributed by atoms with van der Waals surface area (Å²) in [6.45, 7) is 7.14. The van der Waals surface area contributed by atoms with Crippen molar-refractivity contribution in [3.05, 3.63) is 29.8 Å². The molecule has 2 heteroatoms. The van der Waals surface area contributed by atoms with Crippen molar-refractivity contribution >= 4 is 0 Å². The van der Waals surface area contributed by atoms with Gasteiger partial charge in [-0.25, -0.2) is 0 Å². The van der Waals surface area contributed by atoms with Crippen molar-refractivity contribution in [2.45, 2.75) is 32.9 Å². The average molecular weight is 207 g/mol. The molecule has 0 aliphatic rings. The number of hydrogen-bond acceptors (Lipinski definition) is 2. The molecule has 0 spiro atoms. The first kappa shape index (κ1) is 12.1. The van der Waals surface area contributed by atoms with Crippen LogP contribution in [0.1, 0.15) is 26.3 Å². The molecular formula is C13H21NO. The highest BCUT2D eigenvalue weighted by Crippen LogP contribution is 2.18. The van der Waals surface area contributed by atoms with Crippen LogP contribution in [0.15, 0.2) is 24.3 Å². The van der Waals surface area contributed by atoms with E-state index in [2.05, 4.69) is 51.9 Å². The molecular weight excluding hydrogens is 186 g/mol. The zero-order chi connectivity index (χ0) is 11.5. The number of nitrogens with zero attached hydrogens (tertiary/aromatic N) is 1. The van der Waals surface area contributed by atoms with Crippen molar-refractivity contribution in [3.8, 4) is 5.75 Å². The molecule has 0 unspecified atom stereocenters. The van der Waals surface area contributed by atoms with Crippen LogP contribution in [0.4, 0.5) is 0 Å². The predicted octanol–water partition coefficient (Wildman–Crippen LogP) is 2.93. The Bertz CT molecular complexity index is 295. The normalized spacial score (nSPS) is 11.9. The molecule has 1 aromatic rings. The molecule has 0 bridgehead atoms. The third kappa shape index (κ3) is 4.84. The lowest BCUT2D eigenvalue weighted by molar-refractivity contribution is 0.131. The first-order chi connectivity index (χ1) is 6.87. The molecule has 0 fully saturated rings. The van der Waals surface area contributed by atoms with Crippen LogP contribution in [0.25, 0.3) is 0 Å². The van der Waals surface area contributed by atoms with Crippen molar-refractivity contribution in [2.24, 2.45) is 0 Å². The van der Waals surface area contributed by atoms with E-state index < -0.39 is 0 Å². The standard InChI is InChI=1S/C13H21NO/c1-13(2,3)15-12-8-6-11(7-9-12)10-14(4)5/h6-9H,10H2,1-5H3. The predicted molar refractivity (Wildman–Crippen MR) is 64.2 cm³/mol. The molecule has 15 heavy (non-hydrogen) atoms. The Morgan fingerprint density at radius 3 is 2.00 bits per heavy atom. The zero-order valence-corrected chi connectivity index (χ0v) is 10.4. The molecule has 0 aromatic heterocycles. The Hall–Kier alpha value is -1.02. The lowest BCUT2D eigenvalue weighted by Gasteiger charge is -2.21. The highest BCUT2D eigenvalue weighted by molar-refractivity contribution is 5.27. The van der Waals surface area contributed by atoms with Crippen LogP contribution < -0.4 is 4.74 Å². The van der Waals surface area contributed by atoms with Crippen molar-refractivity contribution < 1.29 is 4.74 Å². The third-order valence-corrected chi connectivity index (χ3v) is 1.85. The van der Waals surface area contributed by atoms with Gasteiger partial charge >= 0.3 is 0 Å². The minimum Gasteiger partial charge on any atom is -0.488 e. The summed E-state index contributed by atoms with van der Waals surface area (Å²) >= 11 is 0. The Kier molecular flexibility index (Phi) is 3.75. The van der Waals surface area contributed by atoms with Gasteiger partial charge in [0.1, 0.15) is 11.4 Å². The number of ether oxygens (including phenoxy) is 1. The highest BCUT2D eigenvalue weighted by Gasteiger charge is 2.11. The van der Waals surface area contributed by atoms with Crippen LogP contribution >= 0.6 is 0 Å². The Labute approximate surface area is 92.9 Å². The summed E-state index contributed by atoms with van der Waals surface area (Å²) in [5, 5.41) is 0. The van der Waals surface area contributed by atoms with Crippen LogP contribution in [0, 0.1) is 0 Å². The summed E-state index contributed by atoms with van der Waals surface area (Å²) in [7, 11) is 4.14. The first-order valence-corrected chi connectivity index (χ1v) is 5.29. The fourth-order valence-electron chi connectivity index (χ4n) is 1.38. The van der Waals surface area contributed by atoms with Crippen molar-refractivity contribution in [1.82, 2.24) is 4.90 Å². The van der Waals surface area contributed by atoms with Crippen LogP contribution in [-0.2, 0) is 6.54 Å². The summed E-state index contributed by atoms with van der Waals surface area (Å²) in [5.41, 5.74) is 1.18. The first-order valence-electron chi connectivity index (χ1n) is 5.29. The fraction of sp³-hybridized carbons (Fsp3) is 0.538. The Morgan fingerprint density at radius 1 is 1.07 bits per heavy atom. The van der Waals surface area contributed by atoms with E-state index in [0.29, 0.717) is 0 Å². The van der Waals surface area contributed by atoms with Gasteiger partial charge in [0, 0.05) is 6.54 Å². The molecule has 0 radical (unpaired) electrons. The Morgan fingerprint density at radius 2 is 1.60 bits per heavy atom. The molecule has 1 aromatic carbocycles. The van der Waals surface area contributed by atoms with Crippen molar-refractivity contribution in [3.63, 3.8) is 0 Å². The molecule has 0 atom stereocenters. The van der Waals surface area contributed by atoms with Gasteiger partial charge in [-0.2, -0.15) is 0 Å². The summed E-state index contributed by atoms with van der Waals surface area (Å²) in [4.78, 5) is 2.15. The van der Waals surface area contributed by atoms with Crippen molar-refractivity contribution in [1.29, 1.82) is 0 Å². The average Bonchev–Trinajstić information content (AvgIpc) is 2.05. The van der Waals surface area contributed by atoms with Crippen LogP contribution in [0.5, 0.6) is 5.75 Å². The minimum atomic E-state index is -0.122. The van der Waals surface area contributed by atoms with Gasteiger partial charge in [-0.1, -0.05) is 12.1 Å². The van der Waals surface area contributed by atoms with Gasteiger partial charge in [-0.3, -0.25) is 0 Å². The summed E-state index contributed by atoms with van der Waals surface area (Å²) < 4.78 is 5.75. The van der Waals surface area contributed by atoms with Gasteiger partial charge in [0.2, 0.25) is 0 Å². The summed E-state index contributed by atoms with van der Waals surface area (Å²) in [5.74, 6) is 0.935. The van der Waals surface area contributed by atoms with E-state index in [1.807, 2.05) is 12.1 Å². The molecule has 2 nitrogen and oxygen atoms in total. The second-order valence-electron chi connectivity index (χ2n) is 5.10. The molecule has 0 saturated carbocycles.